The van der Waals surface area contributed by atoms with Crippen LogP contribution in [0.3, 0.4) is 0 Å². The van der Waals surface area contributed by atoms with Gasteiger partial charge in [-0.15, -0.1) is 13.1 Å². The van der Waals surface area contributed by atoms with Crippen molar-refractivity contribution in [1.29, 1.82) is 0 Å². The van der Waals surface area contributed by atoms with Crippen molar-refractivity contribution in [3.8, 4) is 0 Å². The Balaban J connectivity index is 0.00000300. The molecule has 150 valence electrons. The first-order valence-corrected chi connectivity index (χ1v) is 9.64. The van der Waals surface area contributed by atoms with Gasteiger partial charge in [0, 0.05) is 0 Å². The van der Waals surface area contributed by atoms with Crippen LogP contribution in [0.2, 0.25) is 0 Å². The second-order valence-electron chi connectivity index (χ2n) is 7.11. The molecule has 0 fully saturated rings. The van der Waals surface area contributed by atoms with E-state index in [0.717, 1.165) is 17.1 Å². The number of rotatable bonds is 7. The Hall–Kier alpha value is -1.45. The summed E-state index contributed by atoms with van der Waals surface area (Å²) in [6, 6.07) is 20.8. The molecule has 0 aliphatic carbocycles. The summed E-state index contributed by atoms with van der Waals surface area (Å²) < 4.78 is 0. The zero-order valence-corrected chi connectivity index (χ0v) is 21.3. The van der Waals surface area contributed by atoms with Gasteiger partial charge in [0.25, 0.3) is 0 Å². The fourth-order valence-corrected chi connectivity index (χ4v) is 3.48. The van der Waals surface area contributed by atoms with Gasteiger partial charge in [0.05, 0.1) is 30.9 Å². The second-order valence-corrected chi connectivity index (χ2v) is 7.11. The molecule has 1 aliphatic rings. The van der Waals surface area contributed by atoms with Crippen molar-refractivity contribution in [3.63, 3.8) is 0 Å². The van der Waals surface area contributed by atoms with E-state index in [0.29, 0.717) is 32.8 Å². The van der Waals surface area contributed by atoms with Gasteiger partial charge in [-0.2, -0.15) is 5.10 Å². The first-order chi connectivity index (χ1) is 13.6. The molecule has 2 aromatic carbocycles. The van der Waals surface area contributed by atoms with Gasteiger partial charge in [-0.05, 0) is 18.1 Å². The van der Waals surface area contributed by atoms with Crippen LogP contribution in [0.4, 0.5) is 0 Å². The second kappa shape index (κ2) is 11.1. The monoisotopic (exact) mass is 613 g/mol. The molecule has 0 aromatic heterocycles. The Bertz CT molecular complexity index is 818. The summed E-state index contributed by atoms with van der Waals surface area (Å²) in [6.07, 6.45) is 0. The average molecular weight is 614 g/mol. The molecule has 5 nitrogen and oxygen atoms in total. The van der Waals surface area contributed by atoms with Gasteiger partial charge in [0.2, 0.25) is 0 Å². The van der Waals surface area contributed by atoms with Gasteiger partial charge < -0.3 is 24.5 Å². The zero-order chi connectivity index (χ0) is 20.0. The minimum Gasteiger partial charge on any atom is -0.345 e. The number of amidine groups is 1. The van der Waals surface area contributed by atoms with Crippen molar-refractivity contribution in [2.24, 2.45) is 15.8 Å². The van der Waals surface area contributed by atoms with Crippen LogP contribution in [0.5, 0.6) is 0 Å². The fraction of sp³-hybridized carbons (Fsp3) is 0.304. The van der Waals surface area contributed by atoms with Crippen LogP contribution in [0.25, 0.3) is 0 Å². The number of hydrogen-bond acceptors (Lipinski definition) is 4. The first kappa shape index (κ1) is 23.8. The molecule has 6 heteroatoms. The third-order valence-electron chi connectivity index (χ3n) is 5.23. The van der Waals surface area contributed by atoms with E-state index in [1.165, 1.54) is 5.56 Å². The van der Waals surface area contributed by atoms with Crippen molar-refractivity contribution in [3.05, 3.63) is 85.6 Å². The summed E-state index contributed by atoms with van der Waals surface area (Å²) >= 11 is 0. The predicted octanol–water partition coefficient (Wildman–Crippen LogP) is 2.95. The minimum atomic E-state index is -0.253. The van der Waals surface area contributed by atoms with Gasteiger partial charge in [0.1, 0.15) is 5.84 Å². The first-order valence-electron chi connectivity index (χ1n) is 9.64. The van der Waals surface area contributed by atoms with Gasteiger partial charge in [-0.1, -0.05) is 60.7 Å². The Morgan fingerprint density at radius 1 is 1.10 bits per heavy atom. The molecule has 0 bridgehead atoms. The van der Waals surface area contributed by atoms with Crippen LogP contribution < -0.4 is 5.73 Å². The quantitative estimate of drug-likeness (QED) is 0.297. The Morgan fingerprint density at radius 3 is 2.24 bits per heavy atom. The third kappa shape index (κ3) is 5.38. The topological polar surface area (TPSA) is 57.2 Å². The summed E-state index contributed by atoms with van der Waals surface area (Å²) in [5.74, 6) is 0.778. The molecular weight excluding hydrogens is 584 g/mol. The minimum absolute atomic E-state index is 0. The maximum atomic E-state index is 6.04. The van der Waals surface area contributed by atoms with E-state index < -0.39 is 0 Å². The van der Waals surface area contributed by atoms with Crippen LogP contribution in [0, 0.1) is 45.0 Å². The Morgan fingerprint density at radius 2 is 1.69 bits per heavy atom. The van der Waals surface area contributed by atoms with E-state index >= 15 is 0 Å². The van der Waals surface area contributed by atoms with Crippen molar-refractivity contribution in [1.82, 2.24) is 9.91 Å². The van der Waals surface area contributed by atoms with E-state index in [4.69, 9.17) is 15.8 Å². The molecule has 0 amide bonds. The number of nitrogens with two attached hydrogens (primary N) is 1. The molecule has 0 saturated carbocycles. The predicted molar refractivity (Wildman–Crippen MR) is 117 cm³/mol. The van der Waals surface area contributed by atoms with Crippen molar-refractivity contribution >= 4 is 11.5 Å². The number of aliphatic imine (C=N–C) groups is 1. The van der Waals surface area contributed by atoms with E-state index in [1.807, 2.05) is 34.2 Å². The van der Waals surface area contributed by atoms with Gasteiger partial charge in [0.15, 0.2) is 0 Å². The number of hydrazone groups is 1. The van der Waals surface area contributed by atoms with Crippen LogP contribution in [0.1, 0.15) is 18.1 Å². The molecule has 2 N–H and O–H groups in total. The van der Waals surface area contributed by atoms with E-state index in [2.05, 4.69) is 57.2 Å². The zero-order valence-electron chi connectivity index (χ0n) is 17.1. The summed E-state index contributed by atoms with van der Waals surface area (Å²) in [6.45, 7) is 12.9. The van der Waals surface area contributed by atoms with Crippen molar-refractivity contribution in [2.45, 2.75) is 12.3 Å². The maximum Gasteiger partial charge on any atom is 2.00 e. The normalized spacial score (nSPS) is 19.3. The van der Waals surface area contributed by atoms with Crippen LogP contribution in [-0.4, -0.2) is 54.3 Å². The summed E-state index contributed by atoms with van der Waals surface area (Å²) in [5.41, 5.74) is 9.17. The molecule has 1 unspecified atom stereocenters. The molecule has 29 heavy (non-hydrogen) atoms. The Labute approximate surface area is 198 Å². The van der Waals surface area contributed by atoms with Gasteiger partial charge >= 0.3 is 31.1 Å². The van der Waals surface area contributed by atoms with Gasteiger partial charge in [-0.3, -0.25) is 4.99 Å². The van der Waals surface area contributed by atoms with Crippen LogP contribution in [-0.2, 0) is 5.41 Å². The summed E-state index contributed by atoms with van der Waals surface area (Å²) in [5, 5.41) is 6.94. The number of hydrogen-bond donors (Lipinski definition) is 1. The molecule has 1 heterocycles. The largest absolute Gasteiger partial charge is 2.00 e. The van der Waals surface area contributed by atoms with Crippen molar-refractivity contribution < 1.29 is 31.1 Å². The molecule has 3 rings (SSSR count). The van der Waals surface area contributed by atoms with E-state index in [9.17, 15) is 0 Å². The number of benzene rings is 2. The average Bonchev–Trinajstić information content (AvgIpc) is 3.11. The molecular formula is C23H29N5U. The molecule has 0 spiro atoms. The fourth-order valence-electron chi connectivity index (χ4n) is 3.48. The smallest absolute Gasteiger partial charge is 0.345 e. The Kier molecular flexibility index (Phi) is 9.11. The molecule has 1 aliphatic heterocycles. The third-order valence-corrected chi connectivity index (χ3v) is 5.23. The summed E-state index contributed by atoms with van der Waals surface area (Å²) in [7, 11) is 0. The maximum absolute atomic E-state index is 6.04. The molecule has 1 atom stereocenters. The molecule has 0 radical (unpaired) electrons. The van der Waals surface area contributed by atoms with E-state index in [-0.39, 0.29) is 36.5 Å². The van der Waals surface area contributed by atoms with Crippen LogP contribution in [0.15, 0.2) is 70.8 Å². The van der Waals surface area contributed by atoms with Gasteiger partial charge in [-0.25, -0.2) is 5.01 Å². The number of nitrogens with zero attached hydrogens (tertiary/aromatic N) is 4. The van der Waals surface area contributed by atoms with E-state index in [1.54, 1.807) is 0 Å². The molecule has 0 saturated heterocycles. The summed E-state index contributed by atoms with van der Waals surface area (Å²) in [4.78, 5) is 6.76. The van der Waals surface area contributed by atoms with Crippen molar-refractivity contribution in [2.75, 3.05) is 32.8 Å². The standard InChI is InChI=1S/C23H29N5.U/c1-4-27(5-2)18-25-21(16-24)28-17-23(3,20-14-10-7-11-15-20)22(26-28)19-12-8-6-9-13-19;/h6-15H,1-2,4-5,16-18,24H2,3H3;/q-2;+2/b25-21+;. The van der Waals surface area contributed by atoms with Crippen LogP contribution >= 0.6 is 0 Å². The SMILES string of the molecule is [CH2-]CN(C[CH2-])C/N=C(\CN)N1CC(C)(c2ccccc2)C(c2ccccc2)=N1.[U+2]. The molecule has 2 aromatic rings.